The molecule has 74 valence electrons. The van der Waals surface area contributed by atoms with Gasteiger partial charge in [-0.3, -0.25) is 14.9 Å². The second kappa shape index (κ2) is 3.82. The fraction of sp³-hybridized carbons (Fsp3) is 0.125. The van der Waals surface area contributed by atoms with E-state index in [4.69, 9.17) is 0 Å². The molecule has 1 aromatic carbocycles. The van der Waals surface area contributed by atoms with E-state index in [1.54, 1.807) is 0 Å². The number of carbonyl (C=O) groups is 1. The Hall–Kier alpha value is -1.98. The first-order valence-electron chi connectivity index (χ1n) is 3.71. The number of benzene rings is 1. The van der Waals surface area contributed by atoms with Gasteiger partial charge < -0.3 is 5.32 Å². The van der Waals surface area contributed by atoms with Crippen LogP contribution in [0, 0.1) is 15.9 Å². The molecule has 1 rings (SSSR count). The largest absolute Gasteiger partial charge is 0.382 e. The quantitative estimate of drug-likeness (QED) is 0.454. The molecule has 0 atom stereocenters. The van der Waals surface area contributed by atoms with Crippen LogP contribution >= 0.6 is 0 Å². The van der Waals surface area contributed by atoms with E-state index in [1.165, 1.54) is 7.05 Å². The first-order chi connectivity index (χ1) is 6.60. The van der Waals surface area contributed by atoms with Crippen LogP contribution in [0.4, 0.5) is 15.8 Å². The standard InChI is InChI=1S/C8H7FN2O3/c1-10-7-3-6(9)2-5(4-12)8(7)11(13)14/h2-4,10H,1H3. The summed E-state index contributed by atoms with van der Waals surface area (Å²) < 4.78 is 12.8. The highest BCUT2D eigenvalue weighted by molar-refractivity contribution is 5.86. The van der Waals surface area contributed by atoms with Crippen molar-refractivity contribution in [3.05, 3.63) is 33.6 Å². The van der Waals surface area contributed by atoms with E-state index in [9.17, 15) is 19.3 Å². The lowest BCUT2D eigenvalue weighted by molar-refractivity contribution is -0.384. The van der Waals surface area contributed by atoms with Gasteiger partial charge in [-0.1, -0.05) is 0 Å². The minimum Gasteiger partial charge on any atom is -0.382 e. The third-order valence-electron chi connectivity index (χ3n) is 1.68. The monoisotopic (exact) mass is 198 g/mol. The molecule has 5 nitrogen and oxygen atoms in total. The summed E-state index contributed by atoms with van der Waals surface area (Å²) in [6.45, 7) is 0. The number of rotatable bonds is 3. The van der Waals surface area contributed by atoms with Crippen LogP contribution in [-0.4, -0.2) is 18.3 Å². The minimum atomic E-state index is -0.727. The summed E-state index contributed by atoms with van der Waals surface area (Å²) in [6, 6.07) is 1.79. The van der Waals surface area contributed by atoms with Crippen molar-refractivity contribution >= 4 is 17.7 Å². The van der Waals surface area contributed by atoms with E-state index in [2.05, 4.69) is 5.32 Å². The first kappa shape index (κ1) is 10.1. The van der Waals surface area contributed by atoms with Crippen molar-refractivity contribution in [3.63, 3.8) is 0 Å². The van der Waals surface area contributed by atoms with Crippen molar-refractivity contribution in [2.24, 2.45) is 0 Å². The molecule has 0 heterocycles. The fourth-order valence-electron chi connectivity index (χ4n) is 1.10. The molecular formula is C8H7FN2O3. The summed E-state index contributed by atoms with van der Waals surface area (Å²) in [4.78, 5) is 20.3. The van der Waals surface area contributed by atoms with E-state index < -0.39 is 16.4 Å². The van der Waals surface area contributed by atoms with Gasteiger partial charge in [0, 0.05) is 13.1 Å². The molecule has 0 aliphatic carbocycles. The zero-order chi connectivity index (χ0) is 10.7. The summed E-state index contributed by atoms with van der Waals surface area (Å²) >= 11 is 0. The van der Waals surface area contributed by atoms with Crippen LogP contribution in [-0.2, 0) is 0 Å². The molecule has 0 aliphatic rings. The average Bonchev–Trinajstić information content (AvgIpc) is 2.15. The highest BCUT2D eigenvalue weighted by Crippen LogP contribution is 2.28. The Balaban J connectivity index is 3.48. The Morgan fingerprint density at radius 2 is 2.21 bits per heavy atom. The summed E-state index contributed by atoms with van der Waals surface area (Å²) in [5.74, 6) is -0.693. The topological polar surface area (TPSA) is 72.2 Å². The molecule has 0 aliphatic heterocycles. The Labute approximate surface area is 78.7 Å². The third-order valence-corrected chi connectivity index (χ3v) is 1.68. The van der Waals surface area contributed by atoms with Crippen LogP contribution in [0.15, 0.2) is 12.1 Å². The number of carbonyl (C=O) groups excluding carboxylic acids is 1. The van der Waals surface area contributed by atoms with E-state index in [0.29, 0.717) is 0 Å². The van der Waals surface area contributed by atoms with Crippen LogP contribution < -0.4 is 5.32 Å². The van der Waals surface area contributed by atoms with Gasteiger partial charge in [0.1, 0.15) is 11.5 Å². The van der Waals surface area contributed by atoms with Crippen molar-refractivity contribution in [1.29, 1.82) is 0 Å². The lowest BCUT2D eigenvalue weighted by atomic mass is 10.1. The normalized spacial score (nSPS) is 9.57. The van der Waals surface area contributed by atoms with E-state index in [0.717, 1.165) is 12.1 Å². The summed E-state index contributed by atoms with van der Waals surface area (Å²) in [6.07, 6.45) is 0.252. The van der Waals surface area contributed by atoms with Crippen LogP contribution in [0.2, 0.25) is 0 Å². The van der Waals surface area contributed by atoms with Crippen molar-refractivity contribution in [1.82, 2.24) is 0 Å². The maximum atomic E-state index is 12.8. The number of hydrogen-bond donors (Lipinski definition) is 1. The van der Waals surface area contributed by atoms with Gasteiger partial charge in [-0.05, 0) is 6.07 Å². The number of aldehydes is 1. The Morgan fingerprint density at radius 1 is 1.57 bits per heavy atom. The molecule has 0 bridgehead atoms. The molecule has 0 fully saturated rings. The molecule has 6 heteroatoms. The summed E-state index contributed by atoms with van der Waals surface area (Å²) in [5.41, 5.74) is -0.708. The maximum absolute atomic E-state index is 12.8. The molecule has 0 saturated carbocycles. The van der Waals surface area contributed by atoms with Gasteiger partial charge in [-0.15, -0.1) is 0 Å². The molecule has 0 aromatic heterocycles. The molecule has 14 heavy (non-hydrogen) atoms. The van der Waals surface area contributed by atoms with Crippen LogP contribution in [0.1, 0.15) is 10.4 Å². The van der Waals surface area contributed by atoms with Crippen LogP contribution in [0.25, 0.3) is 0 Å². The van der Waals surface area contributed by atoms with Gasteiger partial charge in [0.05, 0.1) is 10.5 Å². The molecule has 0 radical (unpaired) electrons. The molecular weight excluding hydrogens is 191 g/mol. The zero-order valence-electron chi connectivity index (χ0n) is 7.28. The number of hydrogen-bond acceptors (Lipinski definition) is 4. The Kier molecular flexibility index (Phi) is 2.76. The fourth-order valence-corrected chi connectivity index (χ4v) is 1.10. The van der Waals surface area contributed by atoms with E-state index in [1.807, 2.05) is 0 Å². The highest BCUT2D eigenvalue weighted by atomic mass is 19.1. The molecule has 1 N–H and O–H groups in total. The number of halogens is 1. The number of nitro groups is 1. The molecule has 0 unspecified atom stereocenters. The smallest absolute Gasteiger partial charge is 0.302 e. The summed E-state index contributed by atoms with van der Waals surface area (Å²) in [7, 11) is 1.41. The van der Waals surface area contributed by atoms with Gasteiger partial charge in [0.2, 0.25) is 0 Å². The predicted octanol–water partition coefficient (Wildman–Crippen LogP) is 1.59. The molecule has 1 aromatic rings. The summed E-state index contributed by atoms with van der Waals surface area (Å²) in [5, 5.41) is 13.0. The zero-order valence-corrected chi connectivity index (χ0v) is 7.28. The first-order valence-corrected chi connectivity index (χ1v) is 3.71. The Morgan fingerprint density at radius 3 is 2.64 bits per heavy atom. The van der Waals surface area contributed by atoms with Crippen molar-refractivity contribution < 1.29 is 14.1 Å². The third kappa shape index (κ3) is 1.68. The van der Waals surface area contributed by atoms with Gasteiger partial charge in [0.25, 0.3) is 0 Å². The van der Waals surface area contributed by atoms with Gasteiger partial charge in [-0.2, -0.15) is 0 Å². The van der Waals surface area contributed by atoms with E-state index >= 15 is 0 Å². The van der Waals surface area contributed by atoms with Gasteiger partial charge >= 0.3 is 5.69 Å². The van der Waals surface area contributed by atoms with Crippen LogP contribution in [0.3, 0.4) is 0 Å². The number of nitro benzene ring substituents is 1. The second-order valence-corrected chi connectivity index (χ2v) is 2.52. The number of anilines is 1. The van der Waals surface area contributed by atoms with Crippen molar-refractivity contribution in [2.45, 2.75) is 0 Å². The number of nitrogens with one attached hydrogen (secondary N) is 1. The van der Waals surface area contributed by atoms with Gasteiger partial charge in [0.15, 0.2) is 6.29 Å². The van der Waals surface area contributed by atoms with Gasteiger partial charge in [-0.25, -0.2) is 4.39 Å². The lowest BCUT2D eigenvalue weighted by Crippen LogP contribution is -2.01. The number of nitrogens with zero attached hydrogens (tertiary/aromatic N) is 1. The SMILES string of the molecule is CNc1cc(F)cc(C=O)c1[N+](=O)[O-]. The van der Waals surface area contributed by atoms with Crippen LogP contribution in [0.5, 0.6) is 0 Å². The highest BCUT2D eigenvalue weighted by Gasteiger charge is 2.20. The van der Waals surface area contributed by atoms with Crippen molar-refractivity contribution in [3.8, 4) is 0 Å². The molecule has 0 saturated heterocycles. The molecule has 0 spiro atoms. The average molecular weight is 198 g/mol. The van der Waals surface area contributed by atoms with Crippen molar-refractivity contribution in [2.75, 3.05) is 12.4 Å². The van der Waals surface area contributed by atoms with E-state index in [-0.39, 0.29) is 17.5 Å². The lowest BCUT2D eigenvalue weighted by Gasteiger charge is -2.03. The Bertz CT molecular complexity index is 392. The minimum absolute atomic E-state index is 0.0166. The molecule has 0 amide bonds. The second-order valence-electron chi connectivity index (χ2n) is 2.52. The predicted molar refractivity (Wildman–Crippen MR) is 48.0 cm³/mol. The maximum Gasteiger partial charge on any atom is 0.302 e.